The molecule has 0 aromatic heterocycles. The van der Waals surface area contributed by atoms with Gasteiger partial charge < -0.3 is 10.2 Å². The van der Waals surface area contributed by atoms with Crippen molar-refractivity contribution in [1.82, 2.24) is 5.32 Å². The van der Waals surface area contributed by atoms with Crippen LogP contribution >= 0.6 is 23.4 Å². The van der Waals surface area contributed by atoms with Crippen LogP contribution in [0.4, 0.5) is 18.9 Å². The summed E-state index contributed by atoms with van der Waals surface area (Å²) in [4.78, 5) is 3.73. The van der Waals surface area contributed by atoms with Crippen molar-refractivity contribution in [3.63, 3.8) is 0 Å². The highest BCUT2D eigenvalue weighted by Crippen LogP contribution is 2.53. The zero-order valence-electron chi connectivity index (χ0n) is 15.2. The van der Waals surface area contributed by atoms with E-state index in [1.54, 1.807) is 0 Å². The summed E-state index contributed by atoms with van der Waals surface area (Å²) in [6.45, 7) is 3.06. The minimum Gasteiger partial charge on any atom is -0.367 e. The van der Waals surface area contributed by atoms with E-state index in [4.69, 9.17) is 11.6 Å². The van der Waals surface area contributed by atoms with E-state index in [1.807, 2.05) is 11.8 Å². The fourth-order valence-electron chi connectivity index (χ4n) is 4.84. The van der Waals surface area contributed by atoms with Gasteiger partial charge in [0.1, 0.15) is 0 Å². The first-order valence-electron chi connectivity index (χ1n) is 9.59. The smallest absolute Gasteiger partial charge is 0.367 e. The fourth-order valence-corrected chi connectivity index (χ4v) is 6.30. The maximum Gasteiger partial charge on any atom is 0.416 e. The van der Waals surface area contributed by atoms with Crippen molar-refractivity contribution in [3.05, 3.63) is 46.5 Å². The van der Waals surface area contributed by atoms with E-state index in [0.29, 0.717) is 17.5 Å². The highest BCUT2D eigenvalue weighted by molar-refractivity contribution is 7.99. The second-order valence-electron chi connectivity index (χ2n) is 7.63. The van der Waals surface area contributed by atoms with E-state index in [0.717, 1.165) is 55.9 Å². The number of anilines is 1. The van der Waals surface area contributed by atoms with E-state index < -0.39 is 11.7 Å². The number of halogens is 4. The molecular formula is C21H20ClF3N2S. The van der Waals surface area contributed by atoms with Gasteiger partial charge in [-0.15, -0.1) is 11.8 Å². The summed E-state index contributed by atoms with van der Waals surface area (Å²) in [7, 11) is 0. The molecule has 0 aliphatic carbocycles. The van der Waals surface area contributed by atoms with E-state index in [-0.39, 0.29) is 5.02 Å². The average molecular weight is 425 g/mol. The average Bonchev–Trinajstić information content (AvgIpc) is 2.82. The Balaban J connectivity index is 1.65. The number of rotatable bonds is 1. The predicted octanol–water partition coefficient (Wildman–Crippen LogP) is 5.79. The van der Waals surface area contributed by atoms with Gasteiger partial charge in [-0.3, -0.25) is 0 Å². The van der Waals surface area contributed by atoms with Gasteiger partial charge in [-0.05, 0) is 48.4 Å². The quantitative estimate of drug-likeness (QED) is 0.624. The zero-order valence-corrected chi connectivity index (χ0v) is 16.7. The summed E-state index contributed by atoms with van der Waals surface area (Å²) in [5.74, 6) is 1.49. The van der Waals surface area contributed by atoms with Crippen LogP contribution in [0.5, 0.6) is 0 Å². The van der Waals surface area contributed by atoms with Crippen molar-refractivity contribution in [2.45, 2.75) is 35.9 Å². The Kier molecular flexibility index (Phi) is 4.56. The van der Waals surface area contributed by atoms with Crippen molar-refractivity contribution in [1.29, 1.82) is 0 Å². The number of benzene rings is 2. The normalized spacial score (nSPS) is 23.9. The molecule has 2 aromatic carbocycles. The molecule has 5 rings (SSSR count). The summed E-state index contributed by atoms with van der Waals surface area (Å²) in [5, 5.41) is 3.66. The number of hydrogen-bond donors (Lipinski definition) is 1. The molecule has 0 spiro atoms. The summed E-state index contributed by atoms with van der Waals surface area (Å²) in [5.41, 5.74) is 3.57. The Morgan fingerprint density at radius 1 is 1.14 bits per heavy atom. The molecule has 28 heavy (non-hydrogen) atoms. The summed E-state index contributed by atoms with van der Waals surface area (Å²) < 4.78 is 39.1. The third kappa shape index (κ3) is 2.92. The van der Waals surface area contributed by atoms with E-state index >= 15 is 0 Å². The van der Waals surface area contributed by atoms with E-state index in [1.165, 1.54) is 22.2 Å². The van der Waals surface area contributed by atoms with Crippen molar-refractivity contribution in [2.24, 2.45) is 0 Å². The fraction of sp³-hybridized carbons (Fsp3) is 0.429. The van der Waals surface area contributed by atoms with Crippen LogP contribution in [0, 0.1) is 0 Å². The van der Waals surface area contributed by atoms with Crippen LogP contribution in [0.1, 0.15) is 29.9 Å². The monoisotopic (exact) mass is 424 g/mol. The Labute approximate surface area is 171 Å². The van der Waals surface area contributed by atoms with Gasteiger partial charge in [-0.25, -0.2) is 0 Å². The highest BCUT2D eigenvalue weighted by atomic mass is 35.5. The third-order valence-electron chi connectivity index (χ3n) is 6.07. The maximum atomic E-state index is 13.0. The molecule has 0 amide bonds. The first-order chi connectivity index (χ1) is 13.4. The van der Waals surface area contributed by atoms with Gasteiger partial charge in [0.25, 0.3) is 0 Å². The molecule has 3 heterocycles. The number of alkyl halides is 3. The Hall–Kier alpha value is -1.37. The van der Waals surface area contributed by atoms with Crippen LogP contribution in [0.25, 0.3) is 11.1 Å². The number of nitrogens with one attached hydrogen (secondary N) is 1. The molecule has 0 radical (unpaired) electrons. The molecule has 1 fully saturated rings. The number of thioether (sulfide) groups is 1. The summed E-state index contributed by atoms with van der Waals surface area (Å²) >= 11 is 8.14. The number of fused-ring (bicyclic) bond motifs is 3. The van der Waals surface area contributed by atoms with Crippen LogP contribution < -0.4 is 10.2 Å². The molecule has 148 valence electrons. The Morgan fingerprint density at radius 2 is 1.96 bits per heavy atom. The molecule has 7 heteroatoms. The number of nitrogens with zero attached hydrogens (tertiary/aromatic N) is 1. The van der Waals surface area contributed by atoms with Gasteiger partial charge in [0, 0.05) is 40.5 Å². The zero-order chi connectivity index (χ0) is 19.5. The molecule has 0 saturated carbocycles. The lowest BCUT2D eigenvalue weighted by atomic mass is 9.89. The Bertz CT molecular complexity index is 931. The van der Waals surface area contributed by atoms with Crippen molar-refractivity contribution in [3.8, 4) is 11.1 Å². The first-order valence-corrected chi connectivity index (χ1v) is 11.0. The lowest BCUT2D eigenvalue weighted by molar-refractivity contribution is -0.137. The molecule has 0 bridgehead atoms. The molecule has 3 aliphatic heterocycles. The molecule has 1 N–H and O–H groups in total. The maximum absolute atomic E-state index is 13.0. The molecular weight excluding hydrogens is 405 g/mol. The SMILES string of the molecule is FC(F)(F)c1ccc(-c2ccc3c4c2SCCCN4[C@H]2CCNC[C@@H]32)c(Cl)c1. The first kappa shape index (κ1) is 18.6. The predicted molar refractivity (Wildman–Crippen MR) is 109 cm³/mol. The minimum absolute atomic E-state index is 0.152. The summed E-state index contributed by atoms with van der Waals surface area (Å²) in [6.07, 6.45) is -2.16. The highest BCUT2D eigenvalue weighted by Gasteiger charge is 2.42. The second-order valence-corrected chi connectivity index (χ2v) is 9.15. The van der Waals surface area contributed by atoms with Crippen LogP contribution in [0.3, 0.4) is 0 Å². The summed E-state index contributed by atoms with van der Waals surface area (Å²) in [6, 6.07) is 8.42. The van der Waals surface area contributed by atoms with Gasteiger partial charge in [0.15, 0.2) is 0 Å². The van der Waals surface area contributed by atoms with Crippen LogP contribution in [0.15, 0.2) is 35.2 Å². The lowest BCUT2D eigenvalue weighted by Crippen LogP contribution is -2.44. The molecule has 2 nitrogen and oxygen atoms in total. The van der Waals surface area contributed by atoms with Crippen LogP contribution in [-0.2, 0) is 6.18 Å². The van der Waals surface area contributed by atoms with E-state index in [9.17, 15) is 13.2 Å². The van der Waals surface area contributed by atoms with Crippen LogP contribution in [0.2, 0.25) is 5.02 Å². The molecule has 3 aliphatic rings. The topological polar surface area (TPSA) is 15.3 Å². The number of hydrogen-bond acceptors (Lipinski definition) is 3. The Morgan fingerprint density at radius 3 is 2.75 bits per heavy atom. The van der Waals surface area contributed by atoms with Gasteiger partial charge in [0.2, 0.25) is 0 Å². The van der Waals surface area contributed by atoms with Gasteiger partial charge in [-0.2, -0.15) is 13.2 Å². The lowest BCUT2D eigenvalue weighted by Gasteiger charge is -2.33. The third-order valence-corrected chi connectivity index (χ3v) is 7.58. The van der Waals surface area contributed by atoms with Crippen LogP contribution in [-0.4, -0.2) is 31.4 Å². The van der Waals surface area contributed by atoms with Crippen molar-refractivity contribution >= 4 is 29.1 Å². The largest absolute Gasteiger partial charge is 0.416 e. The van der Waals surface area contributed by atoms with Gasteiger partial charge in [0.05, 0.1) is 11.3 Å². The molecule has 0 unspecified atom stereocenters. The molecule has 1 saturated heterocycles. The second kappa shape index (κ2) is 6.85. The molecule has 2 aromatic rings. The van der Waals surface area contributed by atoms with Crippen molar-refractivity contribution < 1.29 is 13.2 Å². The minimum atomic E-state index is -4.39. The standard InChI is InChI=1S/C21H20ClF3N2S/c22-17-10-12(21(23,24)25)2-3-13(17)15-5-4-14-16-11-26-7-6-18(16)27-8-1-9-28-20(15)19(14)27/h2-5,10,16,18,26H,1,6-9,11H2/t16-,18-/m0/s1. The van der Waals surface area contributed by atoms with E-state index in [2.05, 4.69) is 22.3 Å². The molecule has 2 atom stereocenters. The number of piperidine rings is 1. The van der Waals surface area contributed by atoms with Gasteiger partial charge >= 0.3 is 6.18 Å². The van der Waals surface area contributed by atoms with Gasteiger partial charge in [-0.1, -0.05) is 29.8 Å². The van der Waals surface area contributed by atoms with Crippen molar-refractivity contribution in [2.75, 3.05) is 30.3 Å².